The molecule has 2 N–H and O–H groups in total. The van der Waals surface area contributed by atoms with Gasteiger partial charge >= 0.3 is 0 Å². The van der Waals surface area contributed by atoms with Crippen molar-refractivity contribution in [2.75, 3.05) is 19.6 Å². The molecule has 20 heavy (non-hydrogen) atoms. The Morgan fingerprint density at radius 1 is 1.40 bits per heavy atom. The molecule has 0 unspecified atom stereocenters. The third kappa shape index (κ3) is 3.82. The summed E-state index contributed by atoms with van der Waals surface area (Å²) in [6.07, 6.45) is 4.77. The van der Waals surface area contributed by atoms with Crippen LogP contribution in [0.2, 0.25) is 0 Å². The van der Waals surface area contributed by atoms with Crippen LogP contribution in [-0.4, -0.2) is 40.6 Å². The number of aromatic amines is 1. The highest BCUT2D eigenvalue weighted by Crippen LogP contribution is 2.23. The van der Waals surface area contributed by atoms with Crippen molar-refractivity contribution in [2.24, 2.45) is 0 Å². The smallest absolute Gasteiger partial charge is 0.223 e. The number of amides is 1. The number of aromatic nitrogens is 2. The van der Waals surface area contributed by atoms with Crippen molar-refractivity contribution in [1.82, 2.24) is 20.4 Å². The molecule has 0 aliphatic carbocycles. The Bertz CT molecular complexity index is 441. The van der Waals surface area contributed by atoms with Crippen LogP contribution >= 0.6 is 0 Å². The van der Waals surface area contributed by atoms with Crippen LogP contribution in [0.15, 0.2) is 6.20 Å². The van der Waals surface area contributed by atoms with Crippen molar-refractivity contribution in [1.29, 1.82) is 0 Å². The molecule has 0 bridgehead atoms. The highest BCUT2D eigenvalue weighted by molar-refractivity contribution is 5.76. The van der Waals surface area contributed by atoms with E-state index in [9.17, 15) is 4.79 Å². The van der Waals surface area contributed by atoms with Gasteiger partial charge in [0.25, 0.3) is 0 Å². The molecule has 0 radical (unpaired) electrons. The average molecular weight is 278 g/mol. The fraction of sp³-hybridized carbons (Fsp3) is 0.733. The van der Waals surface area contributed by atoms with Gasteiger partial charge in [-0.2, -0.15) is 5.10 Å². The van der Waals surface area contributed by atoms with Crippen molar-refractivity contribution in [3.63, 3.8) is 0 Å². The molecule has 112 valence electrons. The van der Waals surface area contributed by atoms with Gasteiger partial charge in [-0.15, -0.1) is 0 Å². The van der Waals surface area contributed by atoms with Crippen LogP contribution in [0.3, 0.4) is 0 Å². The molecule has 1 amide bonds. The Labute approximate surface area is 121 Å². The Kier molecular flexibility index (Phi) is 4.81. The number of hydrogen-bond donors (Lipinski definition) is 2. The molecule has 1 aliphatic rings. The predicted molar refractivity (Wildman–Crippen MR) is 79.4 cm³/mol. The molecule has 5 nitrogen and oxygen atoms in total. The van der Waals surface area contributed by atoms with Gasteiger partial charge in [0.2, 0.25) is 5.91 Å². The lowest BCUT2D eigenvalue weighted by Crippen LogP contribution is -2.30. The van der Waals surface area contributed by atoms with E-state index in [1.807, 2.05) is 11.1 Å². The predicted octanol–water partition coefficient (Wildman–Crippen LogP) is 1.81. The highest BCUT2D eigenvalue weighted by atomic mass is 16.2. The minimum Gasteiger partial charge on any atom is -0.343 e. The average Bonchev–Trinajstić information content (AvgIpc) is 3.03. The molecule has 1 aliphatic heterocycles. The first-order chi connectivity index (χ1) is 9.48. The number of carbonyl (C=O) groups excluding carboxylic acids is 1. The van der Waals surface area contributed by atoms with Gasteiger partial charge in [-0.25, -0.2) is 0 Å². The normalized spacial score (nSPS) is 15.8. The van der Waals surface area contributed by atoms with E-state index in [1.165, 1.54) is 5.56 Å². The lowest BCUT2D eigenvalue weighted by Gasteiger charge is -2.19. The van der Waals surface area contributed by atoms with Gasteiger partial charge in [-0.05, 0) is 12.8 Å². The summed E-state index contributed by atoms with van der Waals surface area (Å²) in [6.45, 7) is 9.87. The highest BCUT2D eigenvalue weighted by Gasteiger charge is 2.20. The molecule has 1 aromatic rings. The van der Waals surface area contributed by atoms with E-state index >= 15 is 0 Å². The van der Waals surface area contributed by atoms with E-state index in [2.05, 4.69) is 36.3 Å². The summed E-state index contributed by atoms with van der Waals surface area (Å²) in [5.41, 5.74) is 2.42. The first-order valence-corrected chi connectivity index (χ1v) is 7.49. The minimum absolute atomic E-state index is 0.0683. The van der Waals surface area contributed by atoms with Crippen molar-refractivity contribution >= 4 is 5.91 Å². The molecule has 1 fully saturated rings. The van der Waals surface area contributed by atoms with Crippen molar-refractivity contribution in [3.8, 4) is 0 Å². The van der Waals surface area contributed by atoms with E-state index in [-0.39, 0.29) is 11.3 Å². The topological polar surface area (TPSA) is 61.0 Å². The number of rotatable bonds is 5. The van der Waals surface area contributed by atoms with Crippen LogP contribution in [-0.2, 0) is 16.8 Å². The summed E-state index contributed by atoms with van der Waals surface area (Å²) in [5, 5.41) is 10.5. The van der Waals surface area contributed by atoms with Crippen molar-refractivity contribution in [3.05, 3.63) is 17.5 Å². The third-order valence-electron chi connectivity index (χ3n) is 3.76. The first kappa shape index (κ1) is 15.0. The van der Waals surface area contributed by atoms with Gasteiger partial charge in [-0.3, -0.25) is 9.89 Å². The number of H-pyrrole nitrogens is 1. The maximum atomic E-state index is 11.9. The molecular formula is C15H26N4O. The van der Waals surface area contributed by atoms with Crippen LogP contribution in [0, 0.1) is 0 Å². The zero-order valence-corrected chi connectivity index (χ0v) is 12.8. The Morgan fingerprint density at radius 3 is 2.75 bits per heavy atom. The van der Waals surface area contributed by atoms with Gasteiger partial charge in [-0.1, -0.05) is 20.8 Å². The van der Waals surface area contributed by atoms with Gasteiger partial charge < -0.3 is 10.2 Å². The number of carbonyl (C=O) groups is 1. The lowest BCUT2D eigenvalue weighted by molar-refractivity contribution is -0.130. The second-order valence-corrected chi connectivity index (χ2v) is 6.53. The maximum Gasteiger partial charge on any atom is 0.223 e. The molecule has 1 aromatic heterocycles. The van der Waals surface area contributed by atoms with E-state index < -0.39 is 0 Å². The standard InChI is InChI=1S/C15H26N4O/c1-15(2,3)14-12(11-17-18-14)10-16-7-6-13(20)19-8-4-5-9-19/h11,16H,4-10H2,1-3H3,(H,17,18). The SMILES string of the molecule is CC(C)(C)c1[nH]ncc1CNCCC(=O)N1CCCC1. The number of hydrogen-bond acceptors (Lipinski definition) is 3. The Morgan fingerprint density at radius 2 is 2.10 bits per heavy atom. The Balaban J connectivity index is 1.73. The maximum absolute atomic E-state index is 11.9. The zero-order chi connectivity index (χ0) is 14.6. The Hall–Kier alpha value is -1.36. The molecule has 5 heteroatoms. The van der Waals surface area contributed by atoms with Gasteiger partial charge in [0, 0.05) is 49.3 Å². The fourth-order valence-corrected chi connectivity index (χ4v) is 2.64. The van der Waals surface area contributed by atoms with Crippen LogP contribution in [0.25, 0.3) is 0 Å². The van der Waals surface area contributed by atoms with Crippen molar-refractivity contribution < 1.29 is 4.79 Å². The monoisotopic (exact) mass is 278 g/mol. The summed E-state index contributed by atoms with van der Waals surface area (Å²) in [6, 6.07) is 0. The van der Waals surface area contributed by atoms with E-state index in [0.29, 0.717) is 6.42 Å². The second-order valence-electron chi connectivity index (χ2n) is 6.53. The minimum atomic E-state index is 0.0683. The van der Waals surface area contributed by atoms with Crippen LogP contribution in [0.4, 0.5) is 0 Å². The second kappa shape index (κ2) is 6.39. The lowest BCUT2D eigenvalue weighted by atomic mass is 9.89. The molecule has 0 atom stereocenters. The van der Waals surface area contributed by atoms with Gasteiger partial charge in [0.05, 0.1) is 6.20 Å². The first-order valence-electron chi connectivity index (χ1n) is 7.49. The summed E-state index contributed by atoms with van der Waals surface area (Å²) < 4.78 is 0. The summed E-state index contributed by atoms with van der Waals surface area (Å²) >= 11 is 0. The van der Waals surface area contributed by atoms with Crippen LogP contribution in [0.1, 0.15) is 51.3 Å². The quantitative estimate of drug-likeness (QED) is 0.808. The number of nitrogens with one attached hydrogen (secondary N) is 2. The van der Waals surface area contributed by atoms with E-state index in [4.69, 9.17) is 0 Å². The van der Waals surface area contributed by atoms with Gasteiger partial charge in [0.1, 0.15) is 0 Å². The molecule has 0 aromatic carbocycles. The van der Waals surface area contributed by atoms with Crippen molar-refractivity contribution in [2.45, 2.75) is 52.0 Å². The number of likely N-dealkylation sites (tertiary alicyclic amines) is 1. The fourth-order valence-electron chi connectivity index (χ4n) is 2.64. The molecule has 1 saturated heterocycles. The third-order valence-corrected chi connectivity index (χ3v) is 3.76. The summed E-state index contributed by atoms with van der Waals surface area (Å²) in [5.74, 6) is 0.276. The summed E-state index contributed by atoms with van der Waals surface area (Å²) in [4.78, 5) is 13.9. The zero-order valence-electron chi connectivity index (χ0n) is 12.8. The van der Waals surface area contributed by atoms with Gasteiger partial charge in [0.15, 0.2) is 0 Å². The van der Waals surface area contributed by atoms with Crippen LogP contribution < -0.4 is 5.32 Å². The largest absolute Gasteiger partial charge is 0.343 e. The molecule has 0 spiro atoms. The molecule has 2 heterocycles. The van der Waals surface area contributed by atoms with E-state index in [1.54, 1.807) is 0 Å². The summed E-state index contributed by atoms with van der Waals surface area (Å²) in [7, 11) is 0. The van der Waals surface area contributed by atoms with E-state index in [0.717, 1.165) is 44.7 Å². The van der Waals surface area contributed by atoms with Crippen LogP contribution in [0.5, 0.6) is 0 Å². The molecule has 2 rings (SSSR count). The number of nitrogens with zero attached hydrogens (tertiary/aromatic N) is 2. The molecule has 0 saturated carbocycles. The molecular weight excluding hydrogens is 252 g/mol.